The fraction of sp³-hybridized carbons (Fsp3) is 0.421. The quantitative estimate of drug-likeness (QED) is 0.463. The van der Waals surface area contributed by atoms with Crippen LogP contribution >= 0.6 is 0 Å². The van der Waals surface area contributed by atoms with E-state index in [2.05, 4.69) is 19.7 Å². The molecule has 0 bridgehead atoms. The molecule has 1 aliphatic heterocycles. The number of ketones is 1. The van der Waals surface area contributed by atoms with Crippen molar-refractivity contribution in [2.75, 3.05) is 0 Å². The molecule has 25 heavy (non-hydrogen) atoms. The molecule has 1 saturated heterocycles. The van der Waals surface area contributed by atoms with Crippen LogP contribution in [-0.2, 0) is 23.9 Å². The van der Waals surface area contributed by atoms with Crippen LogP contribution in [0.5, 0.6) is 0 Å². The fourth-order valence-electron chi connectivity index (χ4n) is 3.98. The average Bonchev–Trinajstić information content (AvgIpc) is 2.90. The van der Waals surface area contributed by atoms with Gasteiger partial charge in [0.1, 0.15) is 17.8 Å². The molecule has 2 fully saturated rings. The van der Waals surface area contributed by atoms with Crippen molar-refractivity contribution in [1.29, 1.82) is 0 Å². The molecule has 0 radical (unpaired) electrons. The SMILES string of the molecule is C=C(C)C(=O)O[C@H]1CC(=C)[C@H]2C(=O)C=C(C)[C@@]2(O)[C@H]2OC(=O)C(=C)[C@H]12. The van der Waals surface area contributed by atoms with E-state index in [4.69, 9.17) is 9.47 Å². The highest BCUT2D eigenvalue weighted by atomic mass is 16.6. The van der Waals surface area contributed by atoms with E-state index >= 15 is 0 Å². The first-order chi connectivity index (χ1) is 11.6. The average molecular weight is 344 g/mol. The summed E-state index contributed by atoms with van der Waals surface area (Å²) in [6.45, 7) is 14.3. The first kappa shape index (κ1) is 17.4. The summed E-state index contributed by atoms with van der Waals surface area (Å²) in [5.41, 5.74) is -0.573. The van der Waals surface area contributed by atoms with Crippen molar-refractivity contribution >= 4 is 17.7 Å². The van der Waals surface area contributed by atoms with Gasteiger partial charge in [-0.3, -0.25) is 4.79 Å². The minimum Gasteiger partial charge on any atom is -0.458 e. The van der Waals surface area contributed by atoms with Crippen LogP contribution < -0.4 is 0 Å². The molecule has 3 rings (SSSR count). The number of hydrogen-bond acceptors (Lipinski definition) is 6. The van der Waals surface area contributed by atoms with Crippen LogP contribution in [0.25, 0.3) is 0 Å². The molecular weight excluding hydrogens is 324 g/mol. The maximum atomic E-state index is 12.4. The Bertz CT molecular complexity index is 773. The van der Waals surface area contributed by atoms with Gasteiger partial charge in [0.25, 0.3) is 0 Å². The Kier molecular flexibility index (Phi) is 3.84. The molecule has 132 valence electrons. The van der Waals surface area contributed by atoms with E-state index in [9.17, 15) is 19.5 Å². The van der Waals surface area contributed by atoms with Crippen LogP contribution in [0.15, 0.2) is 48.1 Å². The summed E-state index contributed by atoms with van der Waals surface area (Å²) in [5, 5.41) is 11.3. The Morgan fingerprint density at radius 1 is 1.40 bits per heavy atom. The van der Waals surface area contributed by atoms with Crippen LogP contribution in [0.3, 0.4) is 0 Å². The molecule has 1 saturated carbocycles. The first-order valence-corrected chi connectivity index (χ1v) is 7.98. The molecule has 0 aromatic carbocycles. The standard InChI is InChI=1S/C19H20O6/c1-8(2)17(21)24-13-6-9(3)15-12(20)7-10(4)19(15,23)16-14(13)11(5)18(22)25-16/h7,13-16,23H,1,3,5-6H2,2,4H3/t13-,14+,15-,16-,19-/m0/s1. The molecule has 6 nitrogen and oxygen atoms in total. The van der Waals surface area contributed by atoms with E-state index in [1.165, 1.54) is 13.0 Å². The Morgan fingerprint density at radius 2 is 2.04 bits per heavy atom. The minimum absolute atomic E-state index is 0.110. The Labute approximate surface area is 145 Å². The van der Waals surface area contributed by atoms with E-state index in [1.54, 1.807) is 6.92 Å². The largest absolute Gasteiger partial charge is 0.458 e. The first-order valence-electron chi connectivity index (χ1n) is 7.98. The van der Waals surface area contributed by atoms with Gasteiger partial charge in [0.2, 0.25) is 0 Å². The lowest BCUT2D eigenvalue weighted by Gasteiger charge is -2.36. The highest BCUT2D eigenvalue weighted by Gasteiger charge is 2.64. The fourth-order valence-corrected chi connectivity index (χ4v) is 3.98. The molecule has 0 unspecified atom stereocenters. The van der Waals surface area contributed by atoms with E-state index in [0.717, 1.165) is 0 Å². The number of carbonyl (C=O) groups excluding carboxylic acids is 3. The Balaban J connectivity index is 2.10. The molecule has 0 spiro atoms. The third-order valence-corrected chi connectivity index (χ3v) is 5.25. The van der Waals surface area contributed by atoms with Crippen molar-refractivity contribution in [2.45, 2.75) is 38.1 Å². The molecule has 1 N–H and O–H groups in total. The summed E-state index contributed by atoms with van der Waals surface area (Å²) in [6.07, 6.45) is -0.421. The number of rotatable bonds is 2. The summed E-state index contributed by atoms with van der Waals surface area (Å²) < 4.78 is 10.9. The van der Waals surface area contributed by atoms with Crippen molar-refractivity contribution in [3.05, 3.63) is 48.1 Å². The lowest BCUT2D eigenvalue weighted by molar-refractivity contribution is -0.159. The van der Waals surface area contributed by atoms with E-state index in [-0.39, 0.29) is 23.4 Å². The summed E-state index contributed by atoms with van der Waals surface area (Å²) in [7, 11) is 0. The topological polar surface area (TPSA) is 89.9 Å². The van der Waals surface area contributed by atoms with Crippen molar-refractivity contribution in [2.24, 2.45) is 11.8 Å². The monoisotopic (exact) mass is 344 g/mol. The van der Waals surface area contributed by atoms with E-state index in [1.807, 2.05) is 0 Å². The molecule has 5 atom stereocenters. The number of hydrogen-bond donors (Lipinski definition) is 1. The van der Waals surface area contributed by atoms with Gasteiger partial charge in [-0.05, 0) is 25.5 Å². The maximum absolute atomic E-state index is 12.4. The van der Waals surface area contributed by atoms with Gasteiger partial charge in [0, 0.05) is 17.6 Å². The van der Waals surface area contributed by atoms with Gasteiger partial charge < -0.3 is 14.6 Å². The predicted octanol–water partition coefficient (Wildman–Crippen LogP) is 1.41. The van der Waals surface area contributed by atoms with E-state index in [0.29, 0.717) is 11.1 Å². The van der Waals surface area contributed by atoms with Gasteiger partial charge in [0.05, 0.1) is 11.8 Å². The van der Waals surface area contributed by atoms with Crippen molar-refractivity contribution in [1.82, 2.24) is 0 Å². The number of aliphatic hydroxyl groups is 1. The van der Waals surface area contributed by atoms with Gasteiger partial charge in [0.15, 0.2) is 5.78 Å². The number of carbonyl (C=O) groups is 3. The van der Waals surface area contributed by atoms with Crippen LogP contribution in [0.1, 0.15) is 20.3 Å². The second kappa shape index (κ2) is 5.52. The maximum Gasteiger partial charge on any atom is 0.334 e. The highest BCUT2D eigenvalue weighted by Crippen LogP contribution is 2.52. The third kappa shape index (κ3) is 2.32. The van der Waals surface area contributed by atoms with Gasteiger partial charge in [-0.25, -0.2) is 9.59 Å². The summed E-state index contributed by atoms with van der Waals surface area (Å²) in [6, 6.07) is 0. The minimum atomic E-state index is -1.71. The molecular formula is C19H20O6. The van der Waals surface area contributed by atoms with Crippen molar-refractivity contribution in [3.8, 4) is 0 Å². The summed E-state index contributed by atoms with van der Waals surface area (Å²) in [4.78, 5) is 36.5. The van der Waals surface area contributed by atoms with Gasteiger partial charge in [-0.2, -0.15) is 0 Å². The second-order valence-corrected chi connectivity index (χ2v) is 6.95. The molecule has 1 heterocycles. The zero-order valence-electron chi connectivity index (χ0n) is 14.2. The lowest BCUT2D eigenvalue weighted by atomic mass is 9.75. The summed E-state index contributed by atoms with van der Waals surface area (Å²) in [5.74, 6) is -3.30. The molecule has 0 aromatic heterocycles. The normalized spacial score (nSPS) is 37.0. The molecule has 0 aromatic rings. The van der Waals surface area contributed by atoms with Gasteiger partial charge in [-0.1, -0.05) is 25.3 Å². The van der Waals surface area contributed by atoms with Crippen molar-refractivity contribution < 1.29 is 29.0 Å². The Hall–Kier alpha value is -2.47. The molecule has 0 amide bonds. The molecule has 3 aliphatic rings. The highest BCUT2D eigenvalue weighted by molar-refractivity contribution is 6.00. The lowest BCUT2D eigenvalue weighted by Crippen LogP contribution is -2.52. The number of fused-ring (bicyclic) bond motifs is 3. The van der Waals surface area contributed by atoms with Crippen molar-refractivity contribution in [3.63, 3.8) is 0 Å². The smallest absolute Gasteiger partial charge is 0.334 e. The zero-order valence-corrected chi connectivity index (χ0v) is 14.2. The van der Waals surface area contributed by atoms with Crippen LogP contribution in [0.2, 0.25) is 0 Å². The molecule has 6 heteroatoms. The van der Waals surface area contributed by atoms with Crippen LogP contribution in [0, 0.1) is 11.8 Å². The number of ether oxygens (including phenoxy) is 2. The van der Waals surface area contributed by atoms with Gasteiger partial charge in [-0.15, -0.1) is 0 Å². The number of esters is 2. The summed E-state index contributed by atoms with van der Waals surface area (Å²) >= 11 is 0. The van der Waals surface area contributed by atoms with Gasteiger partial charge >= 0.3 is 11.9 Å². The zero-order chi connectivity index (χ0) is 18.7. The van der Waals surface area contributed by atoms with Crippen LogP contribution in [-0.4, -0.2) is 40.6 Å². The number of allylic oxidation sites excluding steroid dienone is 1. The third-order valence-electron chi connectivity index (χ3n) is 5.25. The van der Waals surface area contributed by atoms with E-state index < -0.39 is 41.6 Å². The Morgan fingerprint density at radius 3 is 2.64 bits per heavy atom. The molecule has 2 aliphatic carbocycles. The van der Waals surface area contributed by atoms with Crippen LogP contribution in [0.4, 0.5) is 0 Å². The predicted molar refractivity (Wildman–Crippen MR) is 88.2 cm³/mol. The second-order valence-electron chi connectivity index (χ2n) is 6.95.